The van der Waals surface area contributed by atoms with E-state index in [1.54, 1.807) is 72.8 Å². The van der Waals surface area contributed by atoms with E-state index < -0.39 is 29.7 Å². The van der Waals surface area contributed by atoms with Crippen molar-refractivity contribution in [2.24, 2.45) is 0 Å². The van der Waals surface area contributed by atoms with Gasteiger partial charge in [-0.25, -0.2) is 0 Å². The normalized spacial score (nSPS) is 16.1. The van der Waals surface area contributed by atoms with E-state index >= 15 is 0 Å². The molecule has 0 aromatic heterocycles. The zero-order valence-corrected chi connectivity index (χ0v) is 17.3. The summed E-state index contributed by atoms with van der Waals surface area (Å²) < 4.78 is 0. The van der Waals surface area contributed by atoms with Crippen molar-refractivity contribution >= 4 is 5.78 Å². The molecule has 3 atom stereocenters. The van der Waals surface area contributed by atoms with Crippen LogP contribution in [0.3, 0.4) is 0 Å². The van der Waals surface area contributed by atoms with Gasteiger partial charge < -0.3 is 20.4 Å². The fourth-order valence-corrected chi connectivity index (χ4v) is 3.91. The summed E-state index contributed by atoms with van der Waals surface area (Å²) in [5, 5.41) is 43.9. The van der Waals surface area contributed by atoms with Crippen LogP contribution in [0.5, 0.6) is 0 Å². The standard InChI is InChI=1S/C26H28O5/c27-19-24(29)26(31,18-22-14-8-3-9-15-22)25(30,17-21-12-6-2-7-13-21)23(28)16-20-10-4-1-5-11-20/h1-15,24,27,29-31H,16-19H2/t24-,25-,26-/m0/s1. The Morgan fingerprint density at radius 3 is 1.58 bits per heavy atom. The van der Waals surface area contributed by atoms with Crippen LogP contribution in [0.2, 0.25) is 0 Å². The molecule has 0 bridgehead atoms. The average molecular weight is 421 g/mol. The van der Waals surface area contributed by atoms with Crippen LogP contribution in [-0.2, 0) is 24.1 Å². The molecule has 31 heavy (non-hydrogen) atoms. The zero-order valence-electron chi connectivity index (χ0n) is 17.3. The third-order valence-corrected chi connectivity index (χ3v) is 5.73. The summed E-state index contributed by atoms with van der Waals surface area (Å²) in [7, 11) is 0. The van der Waals surface area contributed by atoms with E-state index in [0.29, 0.717) is 16.7 Å². The van der Waals surface area contributed by atoms with Crippen LogP contribution in [0.4, 0.5) is 0 Å². The molecule has 162 valence electrons. The van der Waals surface area contributed by atoms with Crippen molar-refractivity contribution < 1.29 is 25.2 Å². The molecule has 3 aromatic carbocycles. The molecule has 0 radical (unpaired) electrons. The van der Waals surface area contributed by atoms with Gasteiger partial charge in [-0.05, 0) is 16.7 Å². The van der Waals surface area contributed by atoms with Crippen LogP contribution in [0.1, 0.15) is 16.7 Å². The second-order valence-electron chi connectivity index (χ2n) is 7.89. The average Bonchev–Trinajstić information content (AvgIpc) is 2.80. The first kappa shape index (κ1) is 22.8. The molecule has 0 heterocycles. The molecule has 4 N–H and O–H groups in total. The van der Waals surface area contributed by atoms with Gasteiger partial charge in [0.25, 0.3) is 0 Å². The molecule has 0 spiro atoms. The number of Topliss-reactive ketones (excluding diaryl/α,β-unsaturated/α-hetero) is 1. The van der Waals surface area contributed by atoms with Gasteiger partial charge in [0.15, 0.2) is 11.4 Å². The number of rotatable bonds is 10. The Morgan fingerprint density at radius 2 is 1.13 bits per heavy atom. The minimum atomic E-state index is -2.35. The molecule has 0 amide bonds. The molecule has 5 heteroatoms. The molecule has 0 aliphatic rings. The lowest BCUT2D eigenvalue weighted by atomic mass is 9.68. The number of ketones is 1. The van der Waals surface area contributed by atoms with E-state index in [1.165, 1.54) is 0 Å². The number of aliphatic hydroxyl groups excluding tert-OH is 2. The van der Waals surface area contributed by atoms with Crippen LogP contribution in [0.25, 0.3) is 0 Å². The lowest BCUT2D eigenvalue weighted by Gasteiger charge is -2.45. The molecule has 0 aliphatic heterocycles. The Bertz CT molecular complexity index is 961. The first-order chi connectivity index (χ1) is 14.9. The summed E-state index contributed by atoms with van der Waals surface area (Å²) in [4.78, 5) is 13.5. The number of carbonyl (C=O) groups excluding carboxylic acids is 1. The topological polar surface area (TPSA) is 98.0 Å². The van der Waals surface area contributed by atoms with Gasteiger partial charge >= 0.3 is 0 Å². The highest BCUT2D eigenvalue weighted by atomic mass is 16.4. The predicted molar refractivity (Wildman–Crippen MR) is 118 cm³/mol. The summed E-state index contributed by atoms with van der Waals surface area (Å²) in [6.45, 7) is -0.806. The van der Waals surface area contributed by atoms with E-state index in [9.17, 15) is 25.2 Å². The number of benzene rings is 3. The number of hydrogen-bond acceptors (Lipinski definition) is 5. The van der Waals surface area contributed by atoms with Crippen molar-refractivity contribution in [1.29, 1.82) is 0 Å². The summed E-state index contributed by atoms with van der Waals surface area (Å²) in [6.07, 6.45) is -2.28. The van der Waals surface area contributed by atoms with E-state index in [4.69, 9.17) is 0 Å². The summed E-state index contributed by atoms with van der Waals surface area (Å²) in [5.41, 5.74) is -2.73. The highest BCUT2D eigenvalue weighted by Gasteiger charge is 2.57. The number of carbonyl (C=O) groups is 1. The monoisotopic (exact) mass is 420 g/mol. The number of hydrogen-bond donors (Lipinski definition) is 4. The van der Waals surface area contributed by atoms with Gasteiger partial charge in [-0.3, -0.25) is 4.79 Å². The van der Waals surface area contributed by atoms with Crippen molar-refractivity contribution in [1.82, 2.24) is 0 Å². The fourth-order valence-electron chi connectivity index (χ4n) is 3.91. The second-order valence-corrected chi connectivity index (χ2v) is 7.89. The van der Waals surface area contributed by atoms with Crippen molar-refractivity contribution in [3.8, 4) is 0 Å². The van der Waals surface area contributed by atoms with Gasteiger partial charge in [0.2, 0.25) is 0 Å². The third kappa shape index (κ3) is 5.09. The molecule has 0 fully saturated rings. The van der Waals surface area contributed by atoms with Crippen molar-refractivity contribution in [2.75, 3.05) is 6.61 Å². The van der Waals surface area contributed by atoms with Crippen molar-refractivity contribution in [3.05, 3.63) is 108 Å². The van der Waals surface area contributed by atoms with Crippen LogP contribution in [0.15, 0.2) is 91.0 Å². The van der Waals surface area contributed by atoms with Crippen LogP contribution >= 0.6 is 0 Å². The van der Waals surface area contributed by atoms with Gasteiger partial charge in [-0.1, -0.05) is 91.0 Å². The molecule has 0 aliphatic carbocycles. The quantitative estimate of drug-likeness (QED) is 0.403. The van der Waals surface area contributed by atoms with Crippen molar-refractivity contribution in [3.63, 3.8) is 0 Å². The molecule has 0 saturated heterocycles. The maximum atomic E-state index is 13.5. The van der Waals surface area contributed by atoms with Crippen LogP contribution in [0, 0.1) is 0 Å². The van der Waals surface area contributed by atoms with Gasteiger partial charge in [-0.2, -0.15) is 0 Å². The Labute approximate surface area is 182 Å². The molecular formula is C26H28O5. The Balaban J connectivity index is 2.07. The van der Waals surface area contributed by atoms with Gasteiger partial charge in [0.1, 0.15) is 11.7 Å². The maximum absolute atomic E-state index is 13.5. The molecular weight excluding hydrogens is 392 g/mol. The van der Waals surface area contributed by atoms with E-state index in [2.05, 4.69) is 0 Å². The Kier molecular flexibility index (Phi) is 7.36. The molecule has 0 saturated carbocycles. The fraction of sp³-hybridized carbons (Fsp3) is 0.269. The summed E-state index contributed by atoms with van der Waals surface area (Å²) >= 11 is 0. The maximum Gasteiger partial charge on any atom is 0.172 e. The molecule has 3 rings (SSSR count). The zero-order chi connectivity index (χ0) is 22.3. The second kappa shape index (κ2) is 9.98. The first-order valence-corrected chi connectivity index (χ1v) is 10.3. The minimum absolute atomic E-state index is 0.126. The predicted octanol–water partition coefficient (Wildman–Crippen LogP) is 2.10. The third-order valence-electron chi connectivity index (χ3n) is 5.73. The van der Waals surface area contributed by atoms with Crippen molar-refractivity contribution in [2.45, 2.75) is 36.6 Å². The Morgan fingerprint density at radius 1 is 0.710 bits per heavy atom. The first-order valence-electron chi connectivity index (χ1n) is 10.3. The van der Waals surface area contributed by atoms with E-state index in [-0.39, 0.29) is 19.3 Å². The highest BCUT2D eigenvalue weighted by molar-refractivity contribution is 5.91. The molecule has 3 aromatic rings. The van der Waals surface area contributed by atoms with Crippen LogP contribution in [-0.4, -0.2) is 50.1 Å². The Hall–Kier alpha value is -2.83. The number of aliphatic hydroxyl groups is 4. The largest absolute Gasteiger partial charge is 0.394 e. The lowest BCUT2D eigenvalue weighted by Crippen LogP contribution is -2.68. The van der Waals surface area contributed by atoms with Crippen LogP contribution < -0.4 is 0 Å². The van der Waals surface area contributed by atoms with Gasteiger partial charge in [0, 0.05) is 19.3 Å². The molecule has 5 nitrogen and oxygen atoms in total. The SMILES string of the molecule is O=C(Cc1ccccc1)[C@@](O)(Cc1ccccc1)[C@](O)(Cc1ccccc1)[C@@H](O)CO. The van der Waals surface area contributed by atoms with Gasteiger partial charge in [0.05, 0.1) is 6.61 Å². The minimum Gasteiger partial charge on any atom is -0.394 e. The van der Waals surface area contributed by atoms with E-state index in [0.717, 1.165) is 0 Å². The molecule has 0 unspecified atom stereocenters. The lowest BCUT2D eigenvalue weighted by molar-refractivity contribution is -0.209. The summed E-state index contributed by atoms with van der Waals surface area (Å²) in [5.74, 6) is -0.631. The van der Waals surface area contributed by atoms with E-state index in [1.807, 2.05) is 18.2 Å². The summed E-state index contributed by atoms with van der Waals surface area (Å²) in [6, 6.07) is 26.6. The highest BCUT2D eigenvalue weighted by Crippen LogP contribution is 2.35. The van der Waals surface area contributed by atoms with Gasteiger partial charge in [-0.15, -0.1) is 0 Å². The smallest absolute Gasteiger partial charge is 0.172 e.